The lowest BCUT2D eigenvalue weighted by Crippen LogP contribution is -2.45. The summed E-state index contributed by atoms with van der Waals surface area (Å²) in [5.41, 5.74) is 0.176. The molecule has 1 N–H and O–H groups in total. The van der Waals surface area contributed by atoms with E-state index in [1.165, 1.54) is 51.4 Å². The molecular weight excluding hydrogens is 210 g/mol. The third kappa shape index (κ3) is 4.59. The second-order valence-corrected chi connectivity index (χ2v) is 6.43. The van der Waals surface area contributed by atoms with Crippen molar-refractivity contribution < 1.29 is 4.74 Å². The zero-order chi connectivity index (χ0) is 12.1. The second-order valence-electron chi connectivity index (χ2n) is 6.43. The van der Waals surface area contributed by atoms with E-state index in [4.69, 9.17) is 4.74 Å². The Hall–Kier alpha value is -0.0800. The van der Waals surface area contributed by atoms with Crippen molar-refractivity contribution in [3.8, 4) is 0 Å². The highest BCUT2D eigenvalue weighted by atomic mass is 16.5. The highest BCUT2D eigenvalue weighted by molar-refractivity contribution is 4.91. The molecule has 0 aromatic carbocycles. The van der Waals surface area contributed by atoms with E-state index in [-0.39, 0.29) is 5.60 Å². The van der Waals surface area contributed by atoms with Gasteiger partial charge in [0.05, 0.1) is 5.60 Å². The first-order valence-electron chi connectivity index (χ1n) is 7.58. The normalized spacial score (nSPS) is 24.2. The van der Waals surface area contributed by atoms with Crippen LogP contribution in [0.5, 0.6) is 0 Å². The summed E-state index contributed by atoms with van der Waals surface area (Å²) in [7, 11) is 0. The Morgan fingerprint density at radius 1 is 1.18 bits per heavy atom. The third-order valence-electron chi connectivity index (χ3n) is 4.16. The van der Waals surface area contributed by atoms with Crippen LogP contribution in [0.25, 0.3) is 0 Å². The van der Waals surface area contributed by atoms with Gasteiger partial charge in [-0.2, -0.15) is 0 Å². The first-order valence-corrected chi connectivity index (χ1v) is 7.58. The average Bonchev–Trinajstić information content (AvgIpc) is 3.11. The van der Waals surface area contributed by atoms with Crippen molar-refractivity contribution in [3.63, 3.8) is 0 Å². The summed E-state index contributed by atoms with van der Waals surface area (Å²) in [5, 5.41) is 3.68. The summed E-state index contributed by atoms with van der Waals surface area (Å²) in [6, 6.07) is 0.808. The molecule has 0 atom stereocenters. The van der Waals surface area contributed by atoms with E-state index in [1.54, 1.807) is 0 Å². The maximum atomic E-state index is 6.30. The largest absolute Gasteiger partial charge is 0.374 e. The van der Waals surface area contributed by atoms with E-state index in [9.17, 15) is 0 Å². The van der Waals surface area contributed by atoms with Gasteiger partial charge in [0, 0.05) is 19.2 Å². The maximum Gasteiger partial charge on any atom is 0.0806 e. The van der Waals surface area contributed by atoms with E-state index in [0.717, 1.165) is 25.1 Å². The summed E-state index contributed by atoms with van der Waals surface area (Å²) in [6.07, 6.45) is 10.6. The smallest absolute Gasteiger partial charge is 0.0806 e. The molecule has 0 aromatic rings. The van der Waals surface area contributed by atoms with Crippen molar-refractivity contribution >= 4 is 0 Å². The van der Waals surface area contributed by atoms with Crippen molar-refractivity contribution in [1.82, 2.24) is 5.32 Å². The predicted molar refractivity (Wildman–Crippen MR) is 72.2 cm³/mol. The van der Waals surface area contributed by atoms with E-state index in [0.29, 0.717) is 0 Å². The minimum atomic E-state index is 0.176. The van der Waals surface area contributed by atoms with Crippen LogP contribution in [0, 0.1) is 5.92 Å². The minimum absolute atomic E-state index is 0.176. The molecule has 0 spiro atoms. The van der Waals surface area contributed by atoms with Gasteiger partial charge >= 0.3 is 0 Å². The summed E-state index contributed by atoms with van der Waals surface area (Å²) in [6.45, 7) is 6.60. The Labute approximate surface area is 107 Å². The Kier molecular flexibility index (Phi) is 4.87. The van der Waals surface area contributed by atoms with Crippen LogP contribution in [0.1, 0.15) is 65.2 Å². The lowest BCUT2D eigenvalue weighted by molar-refractivity contribution is -0.0718. The van der Waals surface area contributed by atoms with Gasteiger partial charge in [-0.3, -0.25) is 0 Å². The average molecular weight is 239 g/mol. The van der Waals surface area contributed by atoms with Gasteiger partial charge in [-0.1, -0.05) is 33.1 Å². The van der Waals surface area contributed by atoms with Gasteiger partial charge in [0.2, 0.25) is 0 Å². The molecule has 17 heavy (non-hydrogen) atoms. The standard InChI is InChI=1S/C15H29NO/c1-13(2)8-11-17-15(9-4-3-5-10-15)12-16-14-6-7-14/h13-14,16H,3-12H2,1-2H3. The van der Waals surface area contributed by atoms with Crippen LogP contribution in [-0.4, -0.2) is 24.8 Å². The highest BCUT2D eigenvalue weighted by Gasteiger charge is 2.34. The molecule has 0 aromatic heterocycles. The first-order chi connectivity index (χ1) is 8.20. The fourth-order valence-electron chi connectivity index (χ4n) is 2.70. The van der Waals surface area contributed by atoms with Crippen LogP contribution in [0.15, 0.2) is 0 Å². The molecule has 2 saturated carbocycles. The van der Waals surface area contributed by atoms with E-state index in [1.807, 2.05) is 0 Å². The Balaban J connectivity index is 1.77. The van der Waals surface area contributed by atoms with Gasteiger partial charge in [0.25, 0.3) is 0 Å². The first kappa shape index (κ1) is 13.4. The molecule has 0 aliphatic heterocycles. The fourth-order valence-corrected chi connectivity index (χ4v) is 2.70. The number of ether oxygens (including phenoxy) is 1. The van der Waals surface area contributed by atoms with Crippen molar-refractivity contribution in [2.24, 2.45) is 5.92 Å². The molecule has 100 valence electrons. The van der Waals surface area contributed by atoms with Gasteiger partial charge in [0.15, 0.2) is 0 Å². The number of nitrogens with one attached hydrogen (secondary N) is 1. The Morgan fingerprint density at radius 3 is 2.47 bits per heavy atom. The maximum absolute atomic E-state index is 6.30. The van der Waals surface area contributed by atoms with Crippen molar-refractivity contribution in [2.75, 3.05) is 13.2 Å². The molecule has 0 unspecified atom stereocenters. The van der Waals surface area contributed by atoms with E-state index >= 15 is 0 Å². The lowest BCUT2D eigenvalue weighted by atomic mass is 9.84. The molecule has 2 fully saturated rings. The molecule has 0 bridgehead atoms. The van der Waals surface area contributed by atoms with Gasteiger partial charge in [0.1, 0.15) is 0 Å². The molecule has 0 amide bonds. The third-order valence-corrected chi connectivity index (χ3v) is 4.16. The van der Waals surface area contributed by atoms with Crippen LogP contribution >= 0.6 is 0 Å². The predicted octanol–water partition coefficient (Wildman–Crippen LogP) is 3.50. The topological polar surface area (TPSA) is 21.3 Å². The van der Waals surface area contributed by atoms with Crippen LogP contribution in [0.3, 0.4) is 0 Å². The van der Waals surface area contributed by atoms with Crippen LogP contribution < -0.4 is 5.32 Å². The minimum Gasteiger partial charge on any atom is -0.374 e. The fraction of sp³-hybridized carbons (Fsp3) is 1.00. The van der Waals surface area contributed by atoms with Crippen molar-refractivity contribution in [2.45, 2.75) is 76.9 Å². The lowest BCUT2D eigenvalue weighted by Gasteiger charge is -2.38. The van der Waals surface area contributed by atoms with E-state index < -0.39 is 0 Å². The quantitative estimate of drug-likeness (QED) is 0.734. The molecular formula is C15H29NO. The summed E-state index contributed by atoms with van der Waals surface area (Å²) < 4.78 is 6.30. The summed E-state index contributed by atoms with van der Waals surface area (Å²) in [5.74, 6) is 0.757. The number of hydrogen-bond donors (Lipinski definition) is 1. The summed E-state index contributed by atoms with van der Waals surface area (Å²) >= 11 is 0. The Bertz CT molecular complexity index is 217. The molecule has 2 rings (SSSR count). The van der Waals surface area contributed by atoms with Gasteiger partial charge in [-0.25, -0.2) is 0 Å². The van der Waals surface area contributed by atoms with Gasteiger partial charge in [-0.05, 0) is 38.0 Å². The molecule has 2 nitrogen and oxygen atoms in total. The summed E-state index contributed by atoms with van der Waals surface area (Å²) in [4.78, 5) is 0. The van der Waals surface area contributed by atoms with Crippen LogP contribution in [0.4, 0.5) is 0 Å². The second kappa shape index (κ2) is 6.19. The Morgan fingerprint density at radius 2 is 1.88 bits per heavy atom. The molecule has 0 saturated heterocycles. The number of hydrogen-bond acceptors (Lipinski definition) is 2. The molecule has 2 aliphatic carbocycles. The highest BCUT2D eigenvalue weighted by Crippen LogP contribution is 2.32. The van der Waals surface area contributed by atoms with Gasteiger partial charge < -0.3 is 10.1 Å². The van der Waals surface area contributed by atoms with Gasteiger partial charge in [-0.15, -0.1) is 0 Å². The molecule has 2 heteroatoms. The molecule has 0 radical (unpaired) electrons. The van der Waals surface area contributed by atoms with E-state index in [2.05, 4.69) is 19.2 Å². The number of rotatable bonds is 7. The zero-order valence-electron chi connectivity index (χ0n) is 11.6. The molecule has 2 aliphatic rings. The van der Waals surface area contributed by atoms with Crippen LogP contribution in [-0.2, 0) is 4.74 Å². The monoisotopic (exact) mass is 239 g/mol. The van der Waals surface area contributed by atoms with Crippen LogP contribution in [0.2, 0.25) is 0 Å². The van der Waals surface area contributed by atoms with Crippen molar-refractivity contribution in [1.29, 1.82) is 0 Å². The zero-order valence-corrected chi connectivity index (χ0v) is 11.6. The SMILES string of the molecule is CC(C)CCOC1(CNC2CC2)CCCCC1. The molecule has 0 heterocycles. The van der Waals surface area contributed by atoms with Crippen molar-refractivity contribution in [3.05, 3.63) is 0 Å².